The van der Waals surface area contributed by atoms with E-state index in [1.165, 1.54) is 11.1 Å². The van der Waals surface area contributed by atoms with E-state index in [0.29, 0.717) is 19.7 Å². The van der Waals surface area contributed by atoms with E-state index in [4.69, 9.17) is 4.74 Å². The molecule has 4 nitrogen and oxygen atoms in total. The number of aryl methyl sites for hydroxylation is 2. The number of ether oxygens (including phenoxy) is 1. The van der Waals surface area contributed by atoms with Gasteiger partial charge in [-0.25, -0.2) is 0 Å². The first-order chi connectivity index (χ1) is 11.8. The van der Waals surface area contributed by atoms with Crippen LogP contribution in [0.25, 0.3) is 0 Å². The van der Waals surface area contributed by atoms with Gasteiger partial charge in [0, 0.05) is 19.3 Å². The number of nitrogens with one attached hydrogen (secondary N) is 2. The molecule has 0 atom stereocenters. The maximum absolute atomic E-state index is 11.9. The molecule has 2 aromatic rings. The number of hydrogen-bond acceptors (Lipinski definition) is 3. The molecule has 0 spiro atoms. The highest BCUT2D eigenvalue weighted by atomic mass is 35.5. The van der Waals surface area contributed by atoms with Crippen molar-refractivity contribution in [2.45, 2.75) is 19.3 Å². The van der Waals surface area contributed by atoms with Crippen molar-refractivity contribution in [1.29, 1.82) is 0 Å². The van der Waals surface area contributed by atoms with Gasteiger partial charge < -0.3 is 15.4 Å². The molecule has 2 N–H and O–H groups in total. The fraction of sp³-hybridized carbons (Fsp3) is 0.350. The maximum atomic E-state index is 11.9. The first kappa shape index (κ1) is 21.2. The van der Waals surface area contributed by atoms with Gasteiger partial charge >= 0.3 is 0 Å². The quantitative estimate of drug-likeness (QED) is 0.636. The third-order valence-corrected chi connectivity index (χ3v) is 3.75. The topological polar surface area (TPSA) is 50.4 Å². The monoisotopic (exact) mass is 362 g/mol. The Morgan fingerprint density at radius 1 is 1.00 bits per heavy atom. The van der Waals surface area contributed by atoms with Crippen LogP contribution in [-0.4, -0.2) is 32.7 Å². The lowest BCUT2D eigenvalue weighted by Gasteiger charge is -2.08. The van der Waals surface area contributed by atoms with Crippen molar-refractivity contribution in [2.24, 2.45) is 0 Å². The molecule has 0 radical (unpaired) electrons. The molecular weight excluding hydrogens is 336 g/mol. The van der Waals surface area contributed by atoms with E-state index in [2.05, 4.69) is 47.0 Å². The van der Waals surface area contributed by atoms with Crippen molar-refractivity contribution in [2.75, 3.05) is 32.1 Å². The van der Waals surface area contributed by atoms with Crippen molar-refractivity contribution in [1.82, 2.24) is 5.32 Å². The molecule has 0 aliphatic carbocycles. The van der Waals surface area contributed by atoms with E-state index in [1.807, 2.05) is 18.2 Å². The molecule has 0 bridgehead atoms. The molecule has 1 amide bonds. The summed E-state index contributed by atoms with van der Waals surface area (Å²) in [7, 11) is 1.64. The Bertz CT molecular complexity index is 620. The molecule has 2 aromatic carbocycles. The molecule has 0 saturated heterocycles. The van der Waals surface area contributed by atoms with E-state index in [0.717, 1.165) is 24.9 Å². The summed E-state index contributed by atoms with van der Waals surface area (Å²) in [5.74, 6) is -0.0347. The third-order valence-electron chi connectivity index (χ3n) is 3.75. The average Bonchev–Trinajstić information content (AvgIpc) is 2.60. The molecule has 0 fully saturated rings. The second-order valence-corrected chi connectivity index (χ2v) is 5.76. The SMILES string of the molecule is COCCNCC(=O)Nc1cccc(CCCc2ccccc2)c1.Cl. The van der Waals surface area contributed by atoms with Crippen LogP contribution < -0.4 is 10.6 Å². The van der Waals surface area contributed by atoms with Gasteiger partial charge in [-0.3, -0.25) is 4.79 Å². The Balaban J connectivity index is 0.00000312. The zero-order chi connectivity index (χ0) is 17.0. The van der Waals surface area contributed by atoms with Gasteiger partial charge in [0.05, 0.1) is 13.2 Å². The number of methoxy groups -OCH3 is 1. The van der Waals surface area contributed by atoms with Crippen LogP contribution in [-0.2, 0) is 22.4 Å². The van der Waals surface area contributed by atoms with Crippen LogP contribution in [0.1, 0.15) is 17.5 Å². The molecule has 5 heteroatoms. The summed E-state index contributed by atoms with van der Waals surface area (Å²) in [5, 5.41) is 5.96. The maximum Gasteiger partial charge on any atom is 0.238 e. The second kappa shape index (κ2) is 12.5. The Hall–Kier alpha value is -1.88. The number of benzene rings is 2. The number of anilines is 1. The predicted octanol–water partition coefficient (Wildman–Crippen LogP) is 3.46. The molecule has 0 aliphatic heterocycles. The average molecular weight is 363 g/mol. The Morgan fingerprint density at radius 2 is 1.72 bits per heavy atom. The van der Waals surface area contributed by atoms with Crippen LogP contribution in [0.5, 0.6) is 0 Å². The van der Waals surface area contributed by atoms with Crippen LogP contribution in [0.15, 0.2) is 54.6 Å². The van der Waals surface area contributed by atoms with Gasteiger partial charge in [0.2, 0.25) is 5.91 Å². The fourth-order valence-corrected chi connectivity index (χ4v) is 2.53. The molecule has 136 valence electrons. The second-order valence-electron chi connectivity index (χ2n) is 5.76. The summed E-state index contributed by atoms with van der Waals surface area (Å²) in [6.45, 7) is 1.56. The summed E-state index contributed by atoms with van der Waals surface area (Å²) in [4.78, 5) is 11.9. The largest absolute Gasteiger partial charge is 0.383 e. The molecule has 0 heterocycles. The van der Waals surface area contributed by atoms with Crippen LogP contribution in [0.3, 0.4) is 0 Å². The third kappa shape index (κ3) is 8.68. The van der Waals surface area contributed by atoms with E-state index in [1.54, 1.807) is 7.11 Å². The number of rotatable bonds is 10. The lowest BCUT2D eigenvalue weighted by Crippen LogP contribution is -2.30. The van der Waals surface area contributed by atoms with Gasteiger partial charge in [0.25, 0.3) is 0 Å². The standard InChI is InChI=1S/C20H26N2O2.ClH/c1-24-14-13-21-16-20(23)22-19-12-6-11-18(15-19)10-5-9-17-7-3-2-4-8-17;/h2-4,6-8,11-12,15,21H,5,9-10,13-14,16H2,1H3,(H,22,23);1H. The van der Waals surface area contributed by atoms with Gasteiger partial charge in [-0.2, -0.15) is 0 Å². The van der Waals surface area contributed by atoms with Crippen molar-refractivity contribution in [3.05, 3.63) is 65.7 Å². The van der Waals surface area contributed by atoms with Crippen molar-refractivity contribution < 1.29 is 9.53 Å². The van der Waals surface area contributed by atoms with E-state index in [9.17, 15) is 4.79 Å². The molecule has 0 aromatic heterocycles. The van der Waals surface area contributed by atoms with Crippen LogP contribution >= 0.6 is 12.4 Å². The van der Waals surface area contributed by atoms with Crippen LogP contribution in [0, 0.1) is 0 Å². The number of carbonyl (C=O) groups is 1. The first-order valence-corrected chi connectivity index (χ1v) is 8.40. The highest BCUT2D eigenvalue weighted by Gasteiger charge is 2.03. The number of halogens is 1. The number of carbonyl (C=O) groups excluding carboxylic acids is 1. The van der Waals surface area contributed by atoms with Crippen LogP contribution in [0.2, 0.25) is 0 Å². The summed E-state index contributed by atoms with van der Waals surface area (Å²) in [5.41, 5.74) is 3.46. The van der Waals surface area contributed by atoms with Crippen molar-refractivity contribution >= 4 is 24.0 Å². The van der Waals surface area contributed by atoms with Crippen molar-refractivity contribution in [3.8, 4) is 0 Å². The lowest BCUT2D eigenvalue weighted by atomic mass is 10.0. The summed E-state index contributed by atoms with van der Waals surface area (Å²) in [6, 6.07) is 18.6. The van der Waals surface area contributed by atoms with Gasteiger partial charge in [0.1, 0.15) is 0 Å². The molecular formula is C20H27ClN2O2. The zero-order valence-electron chi connectivity index (χ0n) is 14.7. The van der Waals surface area contributed by atoms with E-state index in [-0.39, 0.29) is 18.3 Å². The Labute approximate surface area is 156 Å². The Morgan fingerprint density at radius 3 is 2.48 bits per heavy atom. The van der Waals surface area contributed by atoms with Gasteiger partial charge in [-0.05, 0) is 42.5 Å². The minimum Gasteiger partial charge on any atom is -0.383 e. The first-order valence-electron chi connectivity index (χ1n) is 8.40. The molecule has 25 heavy (non-hydrogen) atoms. The van der Waals surface area contributed by atoms with Crippen LogP contribution in [0.4, 0.5) is 5.69 Å². The lowest BCUT2D eigenvalue weighted by molar-refractivity contribution is -0.115. The molecule has 0 unspecified atom stereocenters. The molecule has 0 aliphatic rings. The summed E-state index contributed by atoms with van der Waals surface area (Å²) < 4.78 is 4.93. The predicted molar refractivity (Wildman–Crippen MR) is 106 cm³/mol. The van der Waals surface area contributed by atoms with Crippen molar-refractivity contribution in [3.63, 3.8) is 0 Å². The summed E-state index contributed by atoms with van der Waals surface area (Å²) >= 11 is 0. The summed E-state index contributed by atoms with van der Waals surface area (Å²) in [6.07, 6.45) is 3.17. The minimum absolute atomic E-state index is 0. The number of hydrogen-bond donors (Lipinski definition) is 2. The smallest absolute Gasteiger partial charge is 0.238 e. The Kier molecular flexibility index (Phi) is 10.6. The zero-order valence-corrected chi connectivity index (χ0v) is 15.5. The van der Waals surface area contributed by atoms with E-state index >= 15 is 0 Å². The molecule has 2 rings (SSSR count). The number of amides is 1. The molecule has 0 saturated carbocycles. The van der Waals surface area contributed by atoms with Gasteiger partial charge in [0.15, 0.2) is 0 Å². The normalized spacial score (nSPS) is 10.1. The fourth-order valence-electron chi connectivity index (χ4n) is 2.53. The van der Waals surface area contributed by atoms with Gasteiger partial charge in [-0.1, -0.05) is 42.5 Å². The van der Waals surface area contributed by atoms with Gasteiger partial charge in [-0.15, -0.1) is 12.4 Å². The van der Waals surface area contributed by atoms with E-state index < -0.39 is 0 Å². The minimum atomic E-state index is -0.0347. The highest BCUT2D eigenvalue weighted by molar-refractivity contribution is 5.92. The highest BCUT2D eigenvalue weighted by Crippen LogP contribution is 2.13.